The first kappa shape index (κ1) is 18.8. The van der Waals surface area contributed by atoms with Gasteiger partial charge in [0.05, 0.1) is 11.1 Å². The van der Waals surface area contributed by atoms with Gasteiger partial charge in [0.1, 0.15) is 6.04 Å². The Morgan fingerprint density at radius 1 is 0.963 bits per heavy atom. The molecule has 0 saturated heterocycles. The second-order valence-electron chi connectivity index (χ2n) is 6.93. The first-order valence-corrected chi connectivity index (χ1v) is 9.34. The maximum Gasteiger partial charge on any atom is 0.262 e. The first-order valence-electron chi connectivity index (χ1n) is 9.34. The SMILES string of the molecule is CCC[C@H](C)NC(=O)[C@H](Cc1ccccc1)N1C(=O)c2ccccc2C1=O. The maximum absolute atomic E-state index is 13.0. The lowest BCUT2D eigenvalue weighted by Crippen LogP contribution is -2.52. The van der Waals surface area contributed by atoms with Crippen LogP contribution in [0.3, 0.4) is 0 Å². The van der Waals surface area contributed by atoms with Crippen LogP contribution >= 0.6 is 0 Å². The van der Waals surface area contributed by atoms with E-state index < -0.39 is 17.9 Å². The van der Waals surface area contributed by atoms with E-state index in [2.05, 4.69) is 5.32 Å². The molecule has 0 spiro atoms. The van der Waals surface area contributed by atoms with Crippen molar-refractivity contribution in [3.63, 3.8) is 0 Å². The minimum atomic E-state index is -0.876. The van der Waals surface area contributed by atoms with Crippen molar-refractivity contribution in [2.45, 2.75) is 45.2 Å². The zero-order valence-corrected chi connectivity index (χ0v) is 15.6. The van der Waals surface area contributed by atoms with Crippen LogP contribution in [0, 0.1) is 0 Å². The number of amides is 3. The highest BCUT2D eigenvalue weighted by Gasteiger charge is 2.42. The fraction of sp³-hybridized carbons (Fsp3) is 0.318. The minimum absolute atomic E-state index is 0.0176. The largest absolute Gasteiger partial charge is 0.352 e. The first-order chi connectivity index (χ1) is 13.0. The maximum atomic E-state index is 13.0. The Bertz CT molecular complexity index is 813. The highest BCUT2D eigenvalue weighted by Crippen LogP contribution is 2.26. The smallest absolute Gasteiger partial charge is 0.262 e. The van der Waals surface area contributed by atoms with Gasteiger partial charge in [-0.15, -0.1) is 0 Å². The summed E-state index contributed by atoms with van der Waals surface area (Å²) in [6.45, 7) is 3.98. The number of imide groups is 1. The summed E-state index contributed by atoms with van der Waals surface area (Å²) >= 11 is 0. The van der Waals surface area contributed by atoms with Crippen molar-refractivity contribution >= 4 is 17.7 Å². The van der Waals surface area contributed by atoms with Crippen molar-refractivity contribution in [3.05, 3.63) is 71.3 Å². The quantitative estimate of drug-likeness (QED) is 0.767. The van der Waals surface area contributed by atoms with Gasteiger partial charge in [-0.05, 0) is 31.0 Å². The number of nitrogens with one attached hydrogen (secondary N) is 1. The van der Waals surface area contributed by atoms with E-state index in [4.69, 9.17) is 0 Å². The Kier molecular flexibility index (Phi) is 5.69. The molecular formula is C22H24N2O3. The third-order valence-corrected chi connectivity index (χ3v) is 4.82. The van der Waals surface area contributed by atoms with Crippen LogP contribution in [-0.2, 0) is 11.2 Å². The number of rotatable bonds is 7. The Morgan fingerprint density at radius 3 is 2.07 bits per heavy atom. The van der Waals surface area contributed by atoms with Crippen molar-refractivity contribution < 1.29 is 14.4 Å². The van der Waals surface area contributed by atoms with Crippen LogP contribution in [0.5, 0.6) is 0 Å². The van der Waals surface area contributed by atoms with Crippen LogP contribution in [0.15, 0.2) is 54.6 Å². The normalized spacial score (nSPS) is 15.4. The lowest BCUT2D eigenvalue weighted by atomic mass is 10.0. The molecule has 1 N–H and O–H groups in total. The second kappa shape index (κ2) is 8.16. The predicted octanol–water partition coefficient (Wildman–Crippen LogP) is 3.20. The summed E-state index contributed by atoms with van der Waals surface area (Å²) < 4.78 is 0. The highest BCUT2D eigenvalue weighted by molar-refractivity contribution is 6.22. The molecule has 140 valence electrons. The van der Waals surface area contributed by atoms with E-state index >= 15 is 0 Å². The number of hydrogen-bond donors (Lipinski definition) is 1. The zero-order chi connectivity index (χ0) is 19.4. The molecule has 0 saturated carbocycles. The number of fused-ring (bicyclic) bond motifs is 1. The molecule has 2 aromatic rings. The van der Waals surface area contributed by atoms with Crippen LogP contribution in [-0.4, -0.2) is 34.7 Å². The van der Waals surface area contributed by atoms with E-state index in [0.29, 0.717) is 11.1 Å². The van der Waals surface area contributed by atoms with Gasteiger partial charge >= 0.3 is 0 Å². The number of nitrogens with zero attached hydrogens (tertiary/aromatic N) is 1. The van der Waals surface area contributed by atoms with E-state index in [1.54, 1.807) is 24.3 Å². The van der Waals surface area contributed by atoms with E-state index in [1.165, 1.54) is 0 Å². The van der Waals surface area contributed by atoms with Crippen LogP contribution < -0.4 is 5.32 Å². The molecule has 0 unspecified atom stereocenters. The third-order valence-electron chi connectivity index (χ3n) is 4.82. The molecule has 5 nitrogen and oxygen atoms in total. The van der Waals surface area contributed by atoms with Crippen LogP contribution in [0.2, 0.25) is 0 Å². The van der Waals surface area contributed by atoms with Gasteiger partial charge in [-0.25, -0.2) is 0 Å². The molecule has 0 aliphatic carbocycles. The molecule has 0 bridgehead atoms. The summed E-state index contributed by atoms with van der Waals surface area (Å²) in [5, 5.41) is 2.96. The zero-order valence-electron chi connectivity index (χ0n) is 15.6. The van der Waals surface area contributed by atoms with Crippen LogP contribution in [0.4, 0.5) is 0 Å². The molecule has 0 aromatic heterocycles. The molecule has 1 aliphatic heterocycles. The minimum Gasteiger partial charge on any atom is -0.352 e. The van der Waals surface area contributed by atoms with Crippen molar-refractivity contribution in [2.75, 3.05) is 0 Å². The van der Waals surface area contributed by atoms with Crippen molar-refractivity contribution in [2.24, 2.45) is 0 Å². The summed E-state index contributed by atoms with van der Waals surface area (Å²) in [4.78, 5) is 39.9. The van der Waals surface area contributed by atoms with Gasteiger partial charge in [0.2, 0.25) is 5.91 Å². The van der Waals surface area contributed by atoms with Gasteiger partial charge in [-0.3, -0.25) is 19.3 Å². The Labute approximate surface area is 159 Å². The van der Waals surface area contributed by atoms with Crippen molar-refractivity contribution in [1.29, 1.82) is 0 Å². The van der Waals surface area contributed by atoms with Crippen LogP contribution in [0.1, 0.15) is 53.0 Å². The fourth-order valence-electron chi connectivity index (χ4n) is 3.47. The van der Waals surface area contributed by atoms with Gasteiger partial charge < -0.3 is 5.32 Å². The Balaban J connectivity index is 1.91. The van der Waals surface area contributed by atoms with Gasteiger partial charge in [0.15, 0.2) is 0 Å². The average molecular weight is 364 g/mol. The molecule has 5 heteroatoms. The number of hydrogen-bond acceptors (Lipinski definition) is 3. The molecule has 2 aromatic carbocycles. The molecule has 3 amide bonds. The summed E-state index contributed by atoms with van der Waals surface area (Å²) in [7, 11) is 0. The summed E-state index contributed by atoms with van der Waals surface area (Å²) in [5.41, 5.74) is 1.61. The number of benzene rings is 2. The lowest BCUT2D eigenvalue weighted by molar-refractivity contribution is -0.125. The van der Waals surface area contributed by atoms with E-state index in [1.807, 2.05) is 44.2 Å². The van der Waals surface area contributed by atoms with E-state index in [0.717, 1.165) is 23.3 Å². The molecule has 1 aliphatic rings. The topological polar surface area (TPSA) is 66.5 Å². The standard InChI is InChI=1S/C22H24N2O3/c1-3-9-15(2)23-20(25)19(14-16-10-5-4-6-11-16)24-21(26)17-12-7-8-13-18(17)22(24)27/h4-8,10-13,15,19H,3,9,14H2,1-2H3,(H,23,25)/t15-,19-/m0/s1. The molecule has 0 fully saturated rings. The molecule has 1 heterocycles. The predicted molar refractivity (Wildman–Crippen MR) is 103 cm³/mol. The lowest BCUT2D eigenvalue weighted by Gasteiger charge is -2.27. The third kappa shape index (κ3) is 3.92. The monoisotopic (exact) mass is 364 g/mol. The Hall–Kier alpha value is -2.95. The molecular weight excluding hydrogens is 340 g/mol. The van der Waals surface area contributed by atoms with Crippen molar-refractivity contribution in [1.82, 2.24) is 10.2 Å². The summed E-state index contributed by atoms with van der Waals surface area (Å²) in [6.07, 6.45) is 2.07. The fourth-order valence-corrected chi connectivity index (χ4v) is 3.47. The van der Waals surface area contributed by atoms with E-state index in [-0.39, 0.29) is 18.4 Å². The average Bonchev–Trinajstić information content (AvgIpc) is 2.92. The van der Waals surface area contributed by atoms with Gasteiger partial charge in [-0.1, -0.05) is 55.8 Å². The molecule has 0 radical (unpaired) electrons. The van der Waals surface area contributed by atoms with Gasteiger partial charge in [-0.2, -0.15) is 0 Å². The van der Waals surface area contributed by atoms with Crippen LogP contribution in [0.25, 0.3) is 0 Å². The number of carbonyl (C=O) groups excluding carboxylic acids is 3. The second-order valence-corrected chi connectivity index (χ2v) is 6.93. The Morgan fingerprint density at radius 2 is 1.52 bits per heavy atom. The molecule has 27 heavy (non-hydrogen) atoms. The summed E-state index contributed by atoms with van der Waals surface area (Å²) in [6, 6.07) is 15.3. The number of carbonyl (C=O) groups is 3. The van der Waals surface area contributed by atoms with Gasteiger partial charge in [0, 0.05) is 12.5 Å². The van der Waals surface area contributed by atoms with Gasteiger partial charge in [0.25, 0.3) is 11.8 Å². The summed E-state index contributed by atoms with van der Waals surface area (Å²) in [5.74, 6) is -1.11. The van der Waals surface area contributed by atoms with E-state index in [9.17, 15) is 14.4 Å². The molecule has 3 rings (SSSR count). The molecule has 2 atom stereocenters. The van der Waals surface area contributed by atoms with Crippen molar-refractivity contribution in [3.8, 4) is 0 Å². The highest BCUT2D eigenvalue weighted by atomic mass is 16.2.